The zero-order chi connectivity index (χ0) is 11.9. The van der Waals surface area contributed by atoms with Crippen LogP contribution < -0.4 is 0 Å². The van der Waals surface area contributed by atoms with E-state index in [0.717, 1.165) is 0 Å². The van der Waals surface area contributed by atoms with Crippen molar-refractivity contribution in [2.75, 3.05) is 7.05 Å². The number of aldehydes is 1. The highest BCUT2D eigenvalue weighted by Gasteiger charge is 2.35. The summed E-state index contributed by atoms with van der Waals surface area (Å²) >= 11 is 0. The largest absolute Gasteiger partial charge is 0.508 e. The third-order valence-electron chi connectivity index (χ3n) is 2.81. The van der Waals surface area contributed by atoms with Crippen molar-refractivity contribution in [3.05, 3.63) is 33.4 Å². The fourth-order valence-corrected chi connectivity index (χ4v) is 2.04. The number of nitro benzene ring substituents is 1. The van der Waals surface area contributed by atoms with Crippen molar-refractivity contribution in [2.24, 2.45) is 0 Å². The lowest BCUT2D eigenvalue weighted by Crippen LogP contribution is -2.17. The summed E-state index contributed by atoms with van der Waals surface area (Å²) in [7, 11) is 1.68. The van der Waals surface area contributed by atoms with E-state index >= 15 is 0 Å². The Kier molecular flexibility index (Phi) is 2.35. The predicted octanol–water partition coefficient (Wildman–Crippen LogP) is 0.986. The summed E-state index contributed by atoms with van der Waals surface area (Å²) in [6, 6.07) is 1.87. The third kappa shape index (κ3) is 1.35. The molecule has 1 aromatic carbocycles. The molecular formula is C10H10N2O4. The first-order valence-corrected chi connectivity index (χ1v) is 4.71. The maximum atomic E-state index is 10.9. The number of carbonyl (C=O) groups is 1. The Morgan fingerprint density at radius 2 is 2.31 bits per heavy atom. The summed E-state index contributed by atoms with van der Waals surface area (Å²) in [4.78, 5) is 22.9. The first kappa shape index (κ1) is 10.6. The number of phenols is 1. The van der Waals surface area contributed by atoms with E-state index in [0.29, 0.717) is 24.0 Å². The van der Waals surface area contributed by atoms with E-state index in [1.54, 1.807) is 11.9 Å². The fourth-order valence-electron chi connectivity index (χ4n) is 2.04. The minimum Gasteiger partial charge on any atom is -0.508 e. The standard InChI is InChI=1S/C10H10N2O4/c1-11-4-6-9(14)3-2-7(12(15)16)10(6)8(11)5-13/h2-3,5,8,14H,4H2,1H3. The number of likely N-dealkylation sites (N-methyl/N-ethyl adjacent to an activating group) is 1. The van der Waals surface area contributed by atoms with Gasteiger partial charge < -0.3 is 9.90 Å². The van der Waals surface area contributed by atoms with Crippen LogP contribution in [0, 0.1) is 10.1 Å². The lowest BCUT2D eigenvalue weighted by molar-refractivity contribution is -0.385. The highest BCUT2D eigenvalue weighted by Crippen LogP contribution is 2.41. The lowest BCUT2D eigenvalue weighted by Gasteiger charge is -2.12. The molecule has 84 valence electrons. The molecule has 1 unspecified atom stereocenters. The van der Waals surface area contributed by atoms with Crippen LogP contribution in [0.3, 0.4) is 0 Å². The molecule has 0 saturated heterocycles. The Morgan fingerprint density at radius 3 is 2.88 bits per heavy atom. The Labute approximate surface area is 91.3 Å². The molecule has 1 N–H and O–H groups in total. The zero-order valence-electron chi connectivity index (χ0n) is 8.58. The van der Waals surface area contributed by atoms with Crippen LogP contribution >= 0.6 is 0 Å². The van der Waals surface area contributed by atoms with Gasteiger partial charge >= 0.3 is 0 Å². The molecule has 1 aromatic rings. The van der Waals surface area contributed by atoms with Crippen LogP contribution in [0.1, 0.15) is 17.2 Å². The molecule has 0 radical (unpaired) electrons. The molecule has 6 heteroatoms. The molecule has 0 fully saturated rings. The molecule has 16 heavy (non-hydrogen) atoms. The Hall–Kier alpha value is -1.95. The summed E-state index contributed by atoms with van der Waals surface area (Å²) in [6.07, 6.45) is 0.651. The van der Waals surface area contributed by atoms with E-state index in [2.05, 4.69) is 0 Å². The highest BCUT2D eigenvalue weighted by atomic mass is 16.6. The third-order valence-corrected chi connectivity index (χ3v) is 2.81. The Bertz CT molecular complexity index is 472. The van der Waals surface area contributed by atoms with Gasteiger partial charge in [0.1, 0.15) is 12.0 Å². The van der Waals surface area contributed by atoms with Crippen molar-refractivity contribution in [3.8, 4) is 5.75 Å². The number of phenolic OH excluding ortho intramolecular Hbond substituents is 1. The number of rotatable bonds is 2. The molecule has 1 atom stereocenters. The summed E-state index contributed by atoms with van der Waals surface area (Å²) in [5.74, 6) is -0.00296. The molecule has 0 bridgehead atoms. The topological polar surface area (TPSA) is 83.7 Å². The summed E-state index contributed by atoms with van der Waals surface area (Å²) in [5.41, 5.74) is 0.658. The van der Waals surface area contributed by atoms with E-state index in [1.165, 1.54) is 12.1 Å². The highest BCUT2D eigenvalue weighted by molar-refractivity contribution is 5.70. The van der Waals surface area contributed by atoms with Gasteiger partial charge in [0, 0.05) is 18.2 Å². The normalized spacial score (nSPS) is 19.4. The number of fused-ring (bicyclic) bond motifs is 1. The molecule has 0 aliphatic carbocycles. The van der Waals surface area contributed by atoms with Gasteiger partial charge in [-0.3, -0.25) is 15.0 Å². The predicted molar refractivity (Wildman–Crippen MR) is 55.0 cm³/mol. The van der Waals surface area contributed by atoms with Gasteiger partial charge in [0.2, 0.25) is 0 Å². The van der Waals surface area contributed by atoms with Gasteiger partial charge in [-0.1, -0.05) is 0 Å². The maximum absolute atomic E-state index is 10.9. The number of aromatic hydroxyl groups is 1. The molecule has 1 aliphatic heterocycles. The number of carbonyl (C=O) groups excluding carboxylic acids is 1. The molecule has 2 rings (SSSR count). The van der Waals surface area contributed by atoms with Gasteiger partial charge in [-0.2, -0.15) is 0 Å². The summed E-state index contributed by atoms with van der Waals surface area (Å²) < 4.78 is 0. The van der Waals surface area contributed by atoms with Crippen molar-refractivity contribution < 1.29 is 14.8 Å². The SMILES string of the molecule is CN1Cc2c(O)ccc([N+](=O)[O-])c2C1C=O. The second-order valence-corrected chi connectivity index (χ2v) is 3.75. The summed E-state index contributed by atoms with van der Waals surface area (Å²) in [5, 5.41) is 20.4. The molecule has 6 nitrogen and oxygen atoms in total. The number of hydrogen-bond donors (Lipinski definition) is 1. The van der Waals surface area contributed by atoms with Crippen molar-refractivity contribution in [3.63, 3.8) is 0 Å². The van der Waals surface area contributed by atoms with Crippen LogP contribution in [-0.2, 0) is 11.3 Å². The van der Waals surface area contributed by atoms with E-state index in [9.17, 15) is 20.0 Å². The number of hydrogen-bond acceptors (Lipinski definition) is 5. The van der Waals surface area contributed by atoms with Crippen LogP contribution in [0.15, 0.2) is 12.1 Å². The van der Waals surface area contributed by atoms with Gasteiger partial charge in [-0.05, 0) is 13.1 Å². The quantitative estimate of drug-likeness (QED) is 0.458. The second-order valence-electron chi connectivity index (χ2n) is 3.75. The summed E-state index contributed by atoms with van der Waals surface area (Å²) in [6.45, 7) is 0.340. The number of nitro groups is 1. The molecule has 0 spiro atoms. The van der Waals surface area contributed by atoms with Crippen molar-refractivity contribution >= 4 is 12.0 Å². The van der Waals surface area contributed by atoms with Crippen LogP contribution in [0.4, 0.5) is 5.69 Å². The van der Waals surface area contributed by atoms with Crippen molar-refractivity contribution in [2.45, 2.75) is 12.6 Å². The minimum absolute atomic E-state index is 0.00296. The fraction of sp³-hybridized carbons (Fsp3) is 0.300. The van der Waals surface area contributed by atoms with Crippen LogP contribution in [0.5, 0.6) is 5.75 Å². The molecule has 0 aromatic heterocycles. The maximum Gasteiger partial charge on any atom is 0.275 e. The number of nitrogens with zero attached hydrogens (tertiary/aromatic N) is 2. The second kappa shape index (κ2) is 3.57. The average Bonchev–Trinajstić information content (AvgIpc) is 2.55. The van der Waals surface area contributed by atoms with Gasteiger partial charge in [-0.25, -0.2) is 0 Å². The first-order chi connectivity index (χ1) is 7.56. The molecular weight excluding hydrogens is 212 g/mol. The van der Waals surface area contributed by atoms with Crippen molar-refractivity contribution in [1.82, 2.24) is 4.90 Å². The van der Waals surface area contributed by atoms with E-state index in [1.807, 2.05) is 0 Å². The van der Waals surface area contributed by atoms with Gasteiger partial charge in [0.25, 0.3) is 5.69 Å². The number of benzene rings is 1. The van der Waals surface area contributed by atoms with E-state index < -0.39 is 11.0 Å². The Morgan fingerprint density at radius 1 is 1.62 bits per heavy atom. The molecule has 0 amide bonds. The van der Waals surface area contributed by atoms with Crippen LogP contribution in [-0.4, -0.2) is 28.3 Å². The smallest absolute Gasteiger partial charge is 0.275 e. The molecule has 1 heterocycles. The molecule has 0 saturated carbocycles. The zero-order valence-corrected chi connectivity index (χ0v) is 8.58. The molecule has 1 aliphatic rings. The minimum atomic E-state index is -0.650. The van der Waals surface area contributed by atoms with Gasteiger partial charge in [-0.15, -0.1) is 0 Å². The van der Waals surface area contributed by atoms with E-state index in [-0.39, 0.29) is 11.4 Å². The lowest BCUT2D eigenvalue weighted by atomic mass is 10.0. The average molecular weight is 222 g/mol. The monoisotopic (exact) mass is 222 g/mol. The first-order valence-electron chi connectivity index (χ1n) is 4.71. The van der Waals surface area contributed by atoms with E-state index in [4.69, 9.17) is 0 Å². The van der Waals surface area contributed by atoms with Gasteiger partial charge in [0.15, 0.2) is 0 Å². The Balaban J connectivity index is 2.68. The van der Waals surface area contributed by atoms with Crippen LogP contribution in [0.2, 0.25) is 0 Å². The van der Waals surface area contributed by atoms with Crippen LogP contribution in [0.25, 0.3) is 0 Å². The van der Waals surface area contributed by atoms with Crippen molar-refractivity contribution in [1.29, 1.82) is 0 Å². The van der Waals surface area contributed by atoms with Gasteiger partial charge in [0.05, 0.1) is 16.5 Å².